The molecule has 0 saturated heterocycles. The highest BCUT2D eigenvalue weighted by atomic mass is 16.1. The first-order valence-corrected chi connectivity index (χ1v) is 10.5. The van der Waals surface area contributed by atoms with Gasteiger partial charge < -0.3 is 4.98 Å². The number of fused-ring (bicyclic) bond motifs is 5. The molecule has 1 saturated carbocycles. The maximum atomic E-state index is 13.1. The molecule has 1 aromatic carbocycles. The number of carbonyl (C=O) groups excluding carboxylic acids is 1. The van der Waals surface area contributed by atoms with Crippen LogP contribution in [0.15, 0.2) is 24.3 Å². The summed E-state index contributed by atoms with van der Waals surface area (Å²) in [4.78, 5) is 21.8. The van der Waals surface area contributed by atoms with E-state index in [4.69, 9.17) is 4.98 Å². The van der Waals surface area contributed by atoms with Gasteiger partial charge in [-0.25, -0.2) is 0 Å². The third-order valence-corrected chi connectivity index (χ3v) is 6.57. The molecule has 3 nitrogen and oxygen atoms in total. The fourth-order valence-corrected chi connectivity index (χ4v) is 5.32. The van der Waals surface area contributed by atoms with Gasteiger partial charge in [0.1, 0.15) is 0 Å². The molecular weight excluding hydrogens is 332 g/mol. The van der Waals surface area contributed by atoms with Gasteiger partial charge in [0.25, 0.3) is 0 Å². The van der Waals surface area contributed by atoms with Crippen LogP contribution in [-0.2, 0) is 12.8 Å². The van der Waals surface area contributed by atoms with E-state index in [1.165, 1.54) is 43.2 Å². The maximum absolute atomic E-state index is 13.1. The number of rotatable bonds is 2. The number of nitrogens with one attached hydrogen (secondary N) is 1. The molecule has 0 amide bonds. The monoisotopic (exact) mass is 360 g/mol. The second-order valence-corrected chi connectivity index (χ2v) is 9.45. The minimum atomic E-state index is -0.00101. The number of para-hydroxylation sites is 1. The molecule has 0 aliphatic heterocycles. The van der Waals surface area contributed by atoms with Crippen molar-refractivity contribution in [1.82, 2.24) is 9.97 Å². The number of benzene rings is 1. The Morgan fingerprint density at radius 3 is 2.70 bits per heavy atom. The van der Waals surface area contributed by atoms with Crippen molar-refractivity contribution in [3.63, 3.8) is 0 Å². The van der Waals surface area contributed by atoms with Crippen molar-refractivity contribution < 1.29 is 4.79 Å². The van der Waals surface area contributed by atoms with Crippen LogP contribution in [0.2, 0.25) is 0 Å². The number of pyridine rings is 1. The smallest absolute Gasteiger partial charge is 0.165 e. The van der Waals surface area contributed by atoms with E-state index in [2.05, 4.69) is 43.1 Å². The first kappa shape index (κ1) is 17.0. The van der Waals surface area contributed by atoms with Gasteiger partial charge in [0.05, 0.1) is 16.9 Å². The van der Waals surface area contributed by atoms with E-state index in [9.17, 15) is 4.79 Å². The Morgan fingerprint density at radius 2 is 1.89 bits per heavy atom. The lowest BCUT2D eigenvalue weighted by Gasteiger charge is -2.30. The topological polar surface area (TPSA) is 45.8 Å². The number of aromatic nitrogens is 2. The molecule has 2 heterocycles. The molecule has 140 valence electrons. The van der Waals surface area contributed by atoms with Gasteiger partial charge in [0.15, 0.2) is 5.78 Å². The van der Waals surface area contributed by atoms with Crippen LogP contribution in [0, 0.1) is 11.3 Å². The number of aromatic amines is 1. The summed E-state index contributed by atoms with van der Waals surface area (Å²) in [7, 11) is 0. The van der Waals surface area contributed by atoms with Crippen LogP contribution < -0.4 is 0 Å². The highest BCUT2D eigenvalue weighted by Crippen LogP contribution is 2.41. The van der Waals surface area contributed by atoms with Gasteiger partial charge in [-0.1, -0.05) is 64.2 Å². The molecule has 2 aliphatic rings. The molecule has 3 heteroatoms. The first-order valence-electron chi connectivity index (χ1n) is 10.5. The maximum Gasteiger partial charge on any atom is 0.165 e. The second-order valence-electron chi connectivity index (χ2n) is 9.45. The van der Waals surface area contributed by atoms with Crippen molar-refractivity contribution in [1.29, 1.82) is 0 Å². The Labute approximate surface area is 160 Å². The Morgan fingerprint density at radius 1 is 1.11 bits per heavy atom. The van der Waals surface area contributed by atoms with E-state index >= 15 is 0 Å². The van der Waals surface area contributed by atoms with Gasteiger partial charge in [-0.05, 0) is 30.2 Å². The SMILES string of the molecule is CC1(C)CC(=O)c2c(nc(CC3CCCCC3)c3[nH]c4ccccc4c23)C1. The van der Waals surface area contributed by atoms with Gasteiger partial charge in [-0.2, -0.15) is 0 Å². The fourth-order valence-electron chi connectivity index (χ4n) is 5.32. The Balaban J connectivity index is 1.75. The van der Waals surface area contributed by atoms with E-state index in [-0.39, 0.29) is 11.2 Å². The van der Waals surface area contributed by atoms with Crippen LogP contribution in [0.4, 0.5) is 0 Å². The molecule has 3 aromatic rings. The Bertz CT molecular complexity index is 1040. The van der Waals surface area contributed by atoms with Crippen molar-refractivity contribution in [2.75, 3.05) is 0 Å². The predicted molar refractivity (Wildman–Crippen MR) is 110 cm³/mol. The molecule has 0 atom stereocenters. The molecule has 5 rings (SSSR count). The molecule has 2 aromatic heterocycles. The summed E-state index contributed by atoms with van der Waals surface area (Å²) in [5.41, 5.74) is 5.31. The zero-order valence-electron chi connectivity index (χ0n) is 16.4. The molecule has 2 aliphatic carbocycles. The van der Waals surface area contributed by atoms with E-state index in [1.807, 2.05) is 0 Å². The van der Waals surface area contributed by atoms with Crippen LogP contribution in [0.25, 0.3) is 21.8 Å². The number of carbonyl (C=O) groups is 1. The minimum absolute atomic E-state index is 0.00101. The van der Waals surface area contributed by atoms with Crippen LogP contribution in [-0.4, -0.2) is 15.8 Å². The largest absolute Gasteiger partial charge is 0.353 e. The van der Waals surface area contributed by atoms with E-state index in [1.54, 1.807) is 0 Å². The number of ketones is 1. The molecular formula is C24H28N2O. The van der Waals surface area contributed by atoms with Crippen molar-refractivity contribution in [3.05, 3.63) is 41.2 Å². The third kappa shape index (κ3) is 2.88. The quantitative estimate of drug-likeness (QED) is 0.610. The predicted octanol–water partition coefficient (Wildman–Crippen LogP) is 5.99. The lowest BCUT2D eigenvalue weighted by atomic mass is 9.74. The van der Waals surface area contributed by atoms with Gasteiger partial charge in [-0.15, -0.1) is 0 Å². The van der Waals surface area contributed by atoms with E-state index in [0.29, 0.717) is 6.42 Å². The highest BCUT2D eigenvalue weighted by molar-refractivity contribution is 6.19. The lowest BCUT2D eigenvalue weighted by molar-refractivity contribution is 0.0912. The van der Waals surface area contributed by atoms with Gasteiger partial charge in [0.2, 0.25) is 0 Å². The molecule has 0 unspecified atom stereocenters. The molecule has 1 N–H and O–H groups in total. The van der Waals surface area contributed by atoms with Crippen LogP contribution in [0.3, 0.4) is 0 Å². The summed E-state index contributed by atoms with van der Waals surface area (Å²) < 4.78 is 0. The standard InChI is InChI=1S/C24H28N2O/c1-24(2)13-19-22(20(27)14-24)21-16-10-6-7-11-17(16)26-23(21)18(25-19)12-15-8-4-3-5-9-15/h6-7,10-11,15,26H,3-5,8-9,12-14H2,1-2H3. The number of Topliss-reactive ketones (excluding diaryl/α,β-unsaturated/α-hetero) is 1. The molecule has 0 spiro atoms. The average Bonchev–Trinajstić information content (AvgIpc) is 3.01. The third-order valence-electron chi connectivity index (χ3n) is 6.57. The van der Waals surface area contributed by atoms with Crippen LogP contribution >= 0.6 is 0 Å². The summed E-state index contributed by atoms with van der Waals surface area (Å²) in [5.74, 6) is 0.985. The summed E-state index contributed by atoms with van der Waals surface area (Å²) in [5, 5.41) is 2.30. The zero-order chi connectivity index (χ0) is 18.6. The zero-order valence-corrected chi connectivity index (χ0v) is 16.4. The second kappa shape index (κ2) is 6.19. The first-order chi connectivity index (χ1) is 13.0. The fraction of sp³-hybridized carbons (Fsp3) is 0.500. The molecule has 0 bridgehead atoms. The van der Waals surface area contributed by atoms with Crippen LogP contribution in [0.1, 0.15) is 74.1 Å². The molecule has 0 radical (unpaired) electrons. The number of hydrogen-bond donors (Lipinski definition) is 1. The number of nitrogens with zero attached hydrogens (tertiary/aromatic N) is 1. The Hall–Kier alpha value is -2.16. The van der Waals surface area contributed by atoms with Crippen molar-refractivity contribution >= 4 is 27.6 Å². The summed E-state index contributed by atoms with van der Waals surface area (Å²) in [6.07, 6.45) is 9.22. The van der Waals surface area contributed by atoms with E-state index < -0.39 is 0 Å². The average molecular weight is 361 g/mol. The number of hydrogen-bond acceptors (Lipinski definition) is 2. The lowest BCUT2D eigenvalue weighted by Crippen LogP contribution is -2.28. The summed E-state index contributed by atoms with van der Waals surface area (Å²) >= 11 is 0. The van der Waals surface area contributed by atoms with Crippen molar-refractivity contribution in [2.45, 2.75) is 65.2 Å². The number of H-pyrrole nitrogens is 1. The summed E-state index contributed by atoms with van der Waals surface area (Å²) in [6, 6.07) is 8.39. The van der Waals surface area contributed by atoms with Crippen LogP contribution in [0.5, 0.6) is 0 Å². The van der Waals surface area contributed by atoms with E-state index in [0.717, 1.165) is 46.4 Å². The summed E-state index contributed by atoms with van der Waals surface area (Å²) in [6.45, 7) is 4.38. The Kier molecular flexibility index (Phi) is 3.89. The van der Waals surface area contributed by atoms with Gasteiger partial charge in [0, 0.05) is 28.3 Å². The molecule has 1 fully saturated rings. The van der Waals surface area contributed by atoms with Crippen molar-refractivity contribution in [3.8, 4) is 0 Å². The molecule has 27 heavy (non-hydrogen) atoms. The normalized spacial score (nSPS) is 20.3. The minimum Gasteiger partial charge on any atom is -0.353 e. The van der Waals surface area contributed by atoms with Crippen molar-refractivity contribution in [2.24, 2.45) is 11.3 Å². The highest BCUT2D eigenvalue weighted by Gasteiger charge is 2.35. The van der Waals surface area contributed by atoms with Gasteiger partial charge >= 0.3 is 0 Å². The van der Waals surface area contributed by atoms with Gasteiger partial charge in [-0.3, -0.25) is 9.78 Å².